The number of benzene rings is 3. The molecule has 0 aliphatic carbocycles. The first-order chi connectivity index (χ1) is 14.2. The Morgan fingerprint density at radius 1 is 0.867 bits per heavy atom. The van der Waals surface area contributed by atoms with E-state index >= 15 is 0 Å². The Morgan fingerprint density at radius 2 is 1.50 bits per heavy atom. The van der Waals surface area contributed by atoms with E-state index in [4.69, 9.17) is 9.47 Å². The number of anilines is 1. The zero-order valence-corrected chi connectivity index (χ0v) is 18.2. The lowest BCUT2D eigenvalue weighted by Gasteiger charge is -2.20. The van der Waals surface area contributed by atoms with Gasteiger partial charge in [0.15, 0.2) is 11.5 Å². The van der Waals surface area contributed by atoms with Crippen LogP contribution < -0.4 is 14.2 Å². The molecule has 0 heterocycles. The second kappa shape index (κ2) is 8.77. The third-order valence-corrected chi connectivity index (χ3v) is 6.17. The van der Waals surface area contributed by atoms with Gasteiger partial charge in [0.2, 0.25) is 0 Å². The summed E-state index contributed by atoms with van der Waals surface area (Å²) in [6, 6.07) is 17.0. The first kappa shape index (κ1) is 21.7. The van der Waals surface area contributed by atoms with Crippen molar-refractivity contribution in [3.63, 3.8) is 0 Å². The van der Waals surface area contributed by atoms with Crippen LogP contribution in [0.15, 0.2) is 65.6 Å². The van der Waals surface area contributed by atoms with Gasteiger partial charge in [-0.25, -0.2) is 8.42 Å². The van der Waals surface area contributed by atoms with Gasteiger partial charge in [0.1, 0.15) is 6.10 Å². The second-order valence-electron chi connectivity index (χ2n) is 7.03. The molecule has 0 aliphatic heterocycles. The highest BCUT2D eigenvalue weighted by Crippen LogP contribution is 2.39. The molecule has 158 valence electrons. The van der Waals surface area contributed by atoms with Crippen molar-refractivity contribution in [3.8, 4) is 11.5 Å². The van der Waals surface area contributed by atoms with Crippen LogP contribution in [0.3, 0.4) is 0 Å². The minimum absolute atomic E-state index is 0.124. The molecule has 3 aromatic carbocycles. The first-order valence-electron chi connectivity index (χ1n) is 9.35. The molecule has 7 heteroatoms. The van der Waals surface area contributed by atoms with Gasteiger partial charge in [-0.05, 0) is 37.6 Å². The van der Waals surface area contributed by atoms with Crippen molar-refractivity contribution in [2.24, 2.45) is 0 Å². The lowest BCUT2D eigenvalue weighted by molar-refractivity contribution is 0.220. The van der Waals surface area contributed by atoms with Crippen LogP contribution in [0.2, 0.25) is 0 Å². The molecule has 0 saturated heterocycles. The number of aliphatic hydroxyl groups is 1. The number of ether oxygens (including phenoxy) is 2. The lowest BCUT2D eigenvalue weighted by atomic mass is 9.98. The zero-order valence-electron chi connectivity index (χ0n) is 17.3. The van der Waals surface area contributed by atoms with Gasteiger partial charge >= 0.3 is 0 Å². The van der Waals surface area contributed by atoms with E-state index in [0.29, 0.717) is 22.6 Å². The molecule has 0 unspecified atom stereocenters. The van der Waals surface area contributed by atoms with Crippen LogP contribution in [0, 0.1) is 13.8 Å². The van der Waals surface area contributed by atoms with E-state index in [1.165, 1.54) is 32.4 Å². The van der Waals surface area contributed by atoms with Crippen molar-refractivity contribution in [1.29, 1.82) is 0 Å². The van der Waals surface area contributed by atoms with Gasteiger partial charge in [0.25, 0.3) is 10.0 Å². The van der Waals surface area contributed by atoms with Crippen LogP contribution in [0.5, 0.6) is 11.5 Å². The van der Waals surface area contributed by atoms with E-state index in [0.717, 1.165) is 11.1 Å². The van der Waals surface area contributed by atoms with Crippen molar-refractivity contribution in [2.75, 3.05) is 18.9 Å². The largest absolute Gasteiger partial charge is 0.493 e. The Kier molecular flexibility index (Phi) is 6.34. The maximum Gasteiger partial charge on any atom is 0.261 e. The van der Waals surface area contributed by atoms with Crippen molar-refractivity contribution >= 4 is 15.7 Å². The fourth-order valence-electron chi connectivity index (χ4n) is 3.15. The summed E-state index contributed by atoms with van der Waals surface area (Å²) in [5.74, 6) is 0.733. The molecular weight excluding hydrogens is 402 g/mol. The molecule has 1 atom stereocenters. The van der Waals surface area contributed by atoms with Crippen LogP contribution in [0.4, 0.5) is 5.69 Å². The van der Waals surface area contributed by atoms with E-state index in [-0.39, 0.29) is 10.6 Å². The van der Waals surface area contributed by atoms with Crippen molar-refractivity contribution in [3.05, 3.63) is 82.9 Å². The Morgan fingerprint density at radius 3 is 2.10 bits per heavy atom. The zero-order chi connectivity index (χ0) is 21.9. The van der Waals surface area contributed by atoms with E-state index in [1.807, 2.05) is 32.0 Å². The average molecular weight is 428 g/mol. The third kappa shape index (κ3) is 4.58. The summed E-state index contributed by atoms with van der Waals surface area (Å²) in [5, 5.41) is 11.1. The predicted octanol–water partition coefficient (Wildman–Crippen LogP) is 4.20. The summed E-state index contributed by atoms with van der Waals surface area (Å²) in [4.78, 5) is 0.124. The number of hydrogen-bond acceptors (Lipinski definition) is 5. The van der Waals surface area contributed by atoms with Crippen molar-refractivity contribution < 1.29 is 23.0 Å². The van der Waals surface area contributed by atoms with E-state index in [1.54, 1.807) is 24.3 Å². The molecule has 3 aromatic rings. The number of rotatable bonds is 7. The molecular formula is C23H25NO5S. The Balaban J connectivity index is 2.11. The standard InChI is InChI=1S/C23H25NO5S/c1-15-8-10-18(11-9-15)30(26,27)24-20-14-22(29-4)21(28-3)13-19(20)23(25)17-7-5-6-16(2)12-17/h5-14,23-25H,1-4H3/t23-/m1/s1. The molecule has 0 fully saturated rings. The smallest absolute Gasteiger partial charge is 0.261 e. The van der Waals surface area contributed by atoms with Crippen LogP contribution in [-0.4, -0.2) is 27.7 Å². The molecule has 2 N–H and O–H groups in total. The highest BCUT2D eigenvalue weighted by Gasteiger charge is 2.23. The number of sulfonamides is 1. The molecule has 0 bridgehead atoms. The minimum atomic E-state index is -3.88. The maximum absolute atomic E-state index is 13.0. The molecule has 0 radical (unpaired) electrons. The number of hydrogen-bond donors (Lipinski definition) is 2. The minimum Gasteiger partial charge on any atom is -0.493 e. The van der Waals surface area contributed by atoms with Gasteiger partial charge in [-0.15, -0.1) is 0 Å². The molecule has 3 rings (SSSR count). The Hall–Kier alpha value is -3.03. The summed E-state index contributed by atoms with van der Waals surface area (Å²) in [6.07, 6.45) is -1.07. The number of aliphatic hydroxyl groups excluding tert-OH is 1. The number of aryl methyl sites for hydroxylation is 2. The van der Waals surface area contributed by atoms with E-state index in [2.05, 4.69) is 4.72 Å². The monoisotopic (exact) mass is 427 g/mol. The maximum atomic E-state index is 13.0. The Bertz CT molecular complexity index is 1140. The molecule has 0 saturated carbocycles. The molecule has 6 nitrogen and oxygen atoms in total. The summed E-state index contributed by atoms with van der Waals surface area (Å²) >= 11 is 0. The van der Waals surface area contributed by atoms with Crippen LogP contribution in [0.25, 0.3) is 0 Å². The lowest BCUT2D eigenvalue weighted by Crippen LogP contribution is -2.16. The van der Waals surface area contributed by atoms with Gasteiger partial charge in [-0.2, -0.15) is 0 Å². The molecule has 0 spiro atoms. The average Bonchev–Trinajstić information content (AvgIpc) is 2.73. The summed E-state index contributed by atoms with van der Waals surface area (Å²) in [6.45, 7) is 3.81. The second-order valence-corrected chi connectivity index (χ2v) is 8.71. The highest BCUT2D eigenvalue weighted by molar-refractivity contribution is 7.92. The van der Waals surface area contributed by atoms with E-state index in [9.17, 15) is 13.5 Å². The summed E-state index contributed by atoms with van der Waals surface area (Å²) < 4.78 is 39.2. The first-order valence-corrected chi connectivity index (χ1v) is 10.8. The number of nitrogens with one attached hydrogen (secondary N) is 1. The molecule has 0 amide bonds. The van der Waals surface area contributed by atoms with Crippen molar-refractivity contribution in [1.82, 2.24) is 0 Å². The van der Waals surface area contributed by atoms with Gasteiger partial charge in [0.05, 0.1) is 24.8 Å². The SMILES string of the molecule is COc1cc(NS(=O)(=O)c2ccc(C)cc2)c([C@H](O)c2cccc(C)c2)cc1OC. The fraction of sp³-hybridized carbons (Fsp3) is 0.217. The van der Waals surface area contributed by atoms with E-state index < -0.39 is 16.1 Å². The van der Waals surface area contributed by atoms with Crippen molar-refractivity contribution in [2.45, 2.75) is 24.8 Å². The Labute approximate surface area is 177 Å². The molecule has 0 aliphatic rings. The topological polar surface area (TPSA) is 84.9 Å². The van der Waals surface area contributed by atoms with Crippen LogP contribution in [0.1, 0.15) is 28.4 Å². The summed E-state index contributed by atoms with van der Waals surface area (Å²) in [5.41, 5.74) is 3.14. The third-order valence-electron chi connectivity index (χ3n) is 4.78. The van der Waals surface area contributed by atoms with Gasteiger partial charge in [-0.3, -0.25) is 4.72 Å². The normalized spacial score (nSPS) is 12.3. The van der Waals surface area contributed by atoms with Crippen LogP contribution >= 0.6 is 0 Å². The van der Waals surface area contributed by atoms with Gasteiger partial charge in [-0.1, -0.05) is 47.5 Å². The molecule has 0 aromatic heterocycles. The van der Waals surface area contributed by atoms with Gasteiger partial charge < -0.3 is 14.6 Å². The number of methoxy groups -OCH3 is 2. The van der Waals surface area contributed by atoms with Crippen LogP contribution in [-0.2, 0) is 10.0 Å². The molecule has 30 heavy (non-hydrogen) atoms. The predicted molar refractivity (Wildman–Crippen MR) is 117 cm³/mol. The fourth-order valence-corrected chi connectivity index (χ4v) is 4.23. The quantitative estimate of drug-likeness (QED) is 0.590. The summed E-state index contributed by atoms with van der Waals surface area (Å²) in [7, 11) is -0.930. The highest BCUT2D eigenvalue weighted by atomic mass is 32.2. The van der Waals surface area contributed by atoms with Gasteiger partial charge in [0, 0.05) is 11.6 Å².